The summed E-state index contributed by atoms with van der Waals surface area (Å²) in [5.74, 6) is 0.118. The standard InChI is InChI=1S/C18H28N2O/c1-3-15-10-8-9-14(2)18(15)19-13-17(21)20-16-11-6-4-5-7-12-16/h8-10,16,19H,3-7,11-13H2,1-2H3,(H,20,21). The topological polar surface area (TPSA) is 41.1 Å². The molecule has 116 valence electrons. The van der Waals surface area contributed by atoms with Gasteiger partial charge in [0.25, 0.3) is 0 Å². The Kier molecular flexibility index (Phi) is 6.09. The van der Waals surface area contributed by atoms with Crippen LogP contribution >= 0.6 is 0 Å². The monoisotopic (exact) mass is 288 g/mol. The minimum Gasteiger partial charge on any atom is -0.376 e. The van der Waals surface area contributed by atoms with Crippen LogP contribution in [0.2, 0.25) is 0 Å². The quantitative estimate of drug-likeness (QED) is 0.809. The first-order valence-corrected chi connectivity index (χ1v) is 8.32. The first-order chi connectivity index (χ1) is 10.2. The summed E-state index contributed by atoms with van der Waals surface area (Å²) in [4.78, 5) is 12.1. The maximum atomic E-state index is 12.1. The van der Waals surface area contributed by atoms with Crippen LogP contribution in [-0.2, 0) is 11.2 Å². The highest BCUT2D eigenvalue weighted by molar-refractivity contribution is 5.81. The van der Waals surface area contributed by atoms with Crippen molar-refractivity contribution in [3.8, 4) is 0 Å². The van der Waals surface area contributed by atoms with Crippen LogP contribution in [-0.4, -0.2) is 18.5 Å². The molecule has 1 saturated carbocycles. The fourth-order valence-corrected chi connectivity index (χ4v) is 3.15. The third kappa shape index (κ3) is 4.76. The second kappa shape index (κ2) is 8.06. The Bertz CT molecular complexity index is 462. The maximum Gasteiger partial charge on any atom is 0.239 e. The summed E-state index contributed by atoms with van der Waals surface area (Å²) in [5.41, 5.74) is 3.60. The molecule has 2 rings (SSSR count). The molecule has 2 N–H and O–H groups in total. The van der Waals surface area contributed by atoms with E-state index in [1.54, 1.807) is 0 Å². The predicted molar refractivity (Wildman–Crippen MR) is 88.7 cm³/mol. The van der Waals surface area contributed by atoms with Crippen LogP contribution in [0.4, 0.5) is 5.69 Å². The van der Waals surface area contributed by atoms with Gasteiger partial charge in [-0.1, -0.05) is 50.8 Å². The second-order valence-electron chi connectivity index (χ2n) is 6.07. The van der Waals surface area contributed by atoms with Gasteiger partial charge in [0.1, 0.15) is 0 Å². The number of hydrogen-bond donors (Lipinski definition) is 2. The molecule has 0 spiro atoms. The van der Waals surface area contributed by atoms with Gasteiger partial charge in [-0.15, -0.1) is 0 Å². The van der Waals surface area contributed by atoms with Gasteiger partial charge in [0.05, 0.1) is 6.54 Å². The van der Waals surface area contributed by atoms with Gasteiger partial charge in [0, 0.05) is 11.7 Å². The van der Waals surface area contributed by atoms with Crippen LogP contribution in [0.3, 0.4) is 0 Å². The molecule has 1 aliphatic carbocycles. The Labute approximate surface area is 128 Å². The molecule has 3 nitrogen and oxygen atoms in total. The van der Waals surface area contributed by atoms with Crippen molar-refractivity contribution in [3.63, 3.8) is 0 Å². The zero-order valence-electron chi connectivity index (χ0n) is 13.4. The van der Waals surface area contributed by atoms with E-state index in [1.807, 2.05) is 0 Å². The fourth-order valence-electron chi connectivity index (χ4n) is 3.15. The van der Waals surface area contributed by atoms with Gasteiger partial charge < -0.3 is 10.6 Å². The Hall–Kier alpha value is -1.51. The first kappa shape index (κ1) is 15.9. The van der Waals surface area contributed by atoms with Crippen LogP contribution < -0.4 is 10.6 Å². The lowest BCUT2D eigenvalue weighted by molar-refractivity contribution is -0.120. The summed E-state index contributed by atoms with van der Waals surface area (Å²) in [5, 5.41) is 6.51. The number of carbonyl (C=O) groups excluding carboxylic acids is 1. The first-order valence-electron chi connectivity index (χ1n) is 8.32. The highest BCUT2D eigenvalue weighted by Crippen LogP contribution is 2.21. The van der Waals surface area contributed by atoms with Gasteiger partial charge in [0.2, 0.25) is 5.91 Å². The number of amides is 1. The molecular weight excluding hydrogens is 260 g/mol. The molecule has 0 aliphatic heterocycles. The number of anilines is 1. The van der Waals surface area contributed by atoms with Gasteiger partial charge in [0.15, 0.2) is 0 Å². The molecule has 1 aromatic rings. The number of benzene rings is 1. The third-order valence-electron chi connectivity index (χ3n) is 4.39. The van der Waals surface area contributed by atoms with Gasteiger partial charge in [-0.3, -0.25) is 4.79 Å². The molecule has 21 heavy (non-hydrogen) atoms. The molecule has 1 amide bonds. The number of aryl methyl sites for hydroxylation is 2. The minimum atomic E-state index is 0.118. The van der Waals surface area contributed by atoms with E-state index in [0.717, 1.165) is 24.9 Å². The maximum absolute atomic E-state index is 12.1. The molecule has 1 aromatic carbocycles. The van der Waals surface area contributed by atoms with Crippen molar-refractivity contribution < 1.29 is 4.79 Å². The van der Waals surface area contributed by atoms with Crippen molar-refractivity contribution in [2.75, 3.05) is 11.9 Å². The van der Waals surface area contributed by atoms with E-state index in [0.29, 0.717) is 12.6 Å². The Morgan fingerprint density at radius 3 is 2.57 bits per heavy atom. The number of hydrogen-bond acceptors (Lipinski definition) is 2. The van der Waals surface area contributed by atoms with Crippen LogP contribution in [0.1, 0.15) is 56.6 Å². The molecule has 0 radical (unpaired) electrons. The minimum absolute atomic E-state index is 0.118. The van der Waals surface area contributed by atoms with Gasteiger partial charge in [-0.2, -0.15) is 0 Å². The van der Waals surface area contributed by atoms with E-state index in [9.17, 15) is 4.79 Å². The lowest BCUT2D eigenvalue weighted by Gasteiger charge is -2.18. The van der Waals surface area contributed by atoms with Crippen molar-refractivity contribution in [2.45, 2.75) is 64.8 Å². The summed E-state index contributed by atoms with van der Waals surface area (Å²) in [6, 6.07) is 6.66. The van der Waals surface area contributed by atoms with E-state index < -0.39 is 0 Å². The number of rotatable bonds is 5. The van der Waals surface area contributed by atoms with Crippen molar-refractivity contribution in [1.82, 2.24) is 5.32 Å². The third-order valence-corrected chi connectivity index (χ3v) is 4.39. The van der Waals surface area contributed by atoms with Crippen molar-refractivity contribution in [1.29, 1.82) is 0 Å². The van der Waals surface area contributed by atoms with Gasteiger partial charge in [-0.05, 0) is 37.3 Å². The van der Waals surface area contributed by atoms with Gasteiger partial charge >= 0.3 is 0 Å². The lowest BCUT2D eigenvalue weighted by atomic mass is 10.1. The van der Waals surface area contributed by atoms with Crippen LogP contribution in [0.5, 0.6) is 0 Å². The smallest absolute Gasteiger partial charge is 0.239 e. The second-order valence-corrected chi connectivity index (χ2v) is 6.07. The van der Waals surface area contributed by atoms with Crippen LogP contribution in [0, 0.1) is 6.92 Å². The SMILES string of the molecule is CCc1cccc(C)c1NCC(=O)NC1CCCCCC1. The Morgan fingerprint density at radius 1 is 1.19 bits per heavy atom. The molecule has 0 heterocycles. The van der Waals surface area contributed by atoms with Crippen LogP contribution in [0.25, 0.3) is 0 Å². The van der Waals surface area contributed by atoms with E-state index in [1.165, 1.54) is 36.8 Å². The highest BCUT2D eigenvalue weighted by Gasteiger charge is 2.14. The highest BCUT2D eigenvalue weighted by atomic mass is 16.1. The van der Waals surface area contributed by atoms with Crippen molar-refractivity contribution in [3.05, 3.63) is 29.3 Å². The molecule has 0 aromatic heterocycles. The summed E-state index contributed by atoms with van der Waals surface area (Å²) in [6.07, 6.45) is 8.37. The predicted octanol–water partition coefficient (Wildman–Crippen LogP) is 3.81. The molecule has 3 heteroatoms. The van der Waals surface area contributed by atoms with Crippen molar-refractivity contribution >= 4 is 11.6 Å². The number of carbonyl (C=O) groups is 1. The zero-order chi connectivity index (χ0) is 15.1. The van der Waals surface area contributed by atoms with E-state index in [2.05, 4.69) is 42.7 Å². The molecule has 0 unspecified atom stereocenters. The van der Waals surface area contributed by atoms with E-state index in [4.69, 9.17) is 0 Å². The molecule has 1 aliphatic rings. The average molecular weight is 288 g/mol. The van der Waals surface area contributed by atoms with Gasteiger partial charge in [-0.25, -0.2) is 0 Å². The van der Waals surface area contributed by atoms with Crippen LogP contribution in [0.15, 0.2) is 18.2 Å². The molecule has 0 bridgehead atoms. The normalized spacial score (nSPS) is 16.3. The Morgan fingerprint density at radius 2 is 1.90 bits per heavy atom. The Balaban J connectivity index is 1.86. The van der Waals surface area contributed by atoms with E-state index in [-0.39, 0.29) is 5.91 Å². The number of para-hydroxylation sites is 1. The summed E-state index contributed by atoms with van der Waals surface area (Å²) >= 11 is 0. The fraction of sp³-hybridized carbons (Fsp3) is 0.611. The summed E-state index contributed by atoms with van der Waals surface area (Å²) < 4.78 is 0. The molecule has 0 saturated heterocycles. The lowest BCUT2D eigenvalue weighted by Crippen LogP contribution is -2.38. The van der Waals surface area contributed by atoms with E-state index >= 15 is 0 Å². The molecule has 0 atom stereocenters. The zero-order valence-corrected chi connectivity index (χ0v) is 13.4. The number of nitrogens with one attached hydrogen (secondary N) is 2. The molecular formula is C18H28N2O. The molecule has 1 fully saturated rings. The summed E-state index contributed by atoms with van der Waals surface area (Å²) in [6.45, 7) is 4.60. The average Bonchev–Trinajstić information content (AvgIpc) is 2.74. The van der Waals surface area contributed by atoms with Crippen molar-refractivity contribution in [2.24, 2.45) is 0 Å². The summed E-state index contributed by atoms with van der Waals surface area (Å²) in [7, 11) is 0. The largest absolute Gasteiger partial charge is 0.376 e.